The van der Waals surface area contributed by atoms with Gasteiger partial charge in [0.25, 0.3) is 0 Å². The minimum absolute atomic E-state index is 0. The molecule has 0 heterocycles. The number of rotatable bonds is 7. The first-order valence-corrected chi connectivity index (χ1v) is 6.43. The van der Waals surface area contributed by atoms with Gasteiger partial charge in [-0.15, -0.1) is 0 Å². The molecule has 2 rings (SSSR count). The van der Waals surface area contributed by atoms with E-state index in [0.717, 1.165) is 0 Å². The molecule has 0 saturated heterocycles. The first-order valence-electron chi connectivity index (χ1n) is 6.43. The average molecular weight is 308 g/mol. The zero-order chi connectivity index (χ0) is 15.9. The second-order valence-corrected chi connectivity index (χ2v) is 4.34. The number of benzene rings is 2. The number of ether oxygens (including phenoxy) is 2. The van der Waals surface area contributed by atoms with E-state index in [2.05, 4.69) is 0 Å². The Bertz CT molecular complexity index is 626. The summed E-state index contributed by atoms with van der Waals surface area (Å²) in [6, 6.07) is 13.7. The number of carbonyl (C=O) groups is 2. The first kappa shape index (κ1) is 18.6. The van der Waals surface area contributed by atoms with Crippen LogP contribution in [0.5, 0.6) is 11.5 Å². The maximum atomic E-state index is 10.6. The minimum Gasteiger partial charge on any atom is -0.546 e. The van der Waals surface area contributed by atoms with Crippen molar-refractivity contribution in [1.82, 2.24) is 0 Å². The van der Waals surface area contributed by atoms with Crippen molar-refractivity contribution in [2.45, 2.75) is 0 Å². The molecule has 23 heavy (non-hydrogen) atoms. The molecule has 1 N–H and O–H groups in total. The molecule has 0 spiro atoms. The van der Waals surface area contributed by atoms with Gasteiger partial charge in [0, 0.05) is 11.1 Å². The van der Waals surface area contributed by atoms with E-state index in [0.29, 0.717) is 22.6 Å². The number of para-hydroxylation sites is 2. The summed E-state index contributed by atoms with van der Waals surface area (Å²) in [7, 11) is 0. The summed E-state index contributed by atoms with van der Waals surface area (Å²) in [5.74, 6) is -1.70. The third-order valence-electron chi connectivity index (χ3n) is 2.76. The van der Waals surface area contributed by atoms with Crippen LogP contribution in [0.2, 0.25) is 0 Å². The number of aliphatic carboxylic acids is 2. The van der Waals surface area contributed by atoms with Crippen molar-refractivity contribution in [3.63, 3.8) is 0 Å². The second-order valence-electron chi connectivity index (χ2n) is 4.34. The third kappa shape index (κ3) is 5.37. The molecule has 0 aliphatic carbocycles. The Morgan fingerprint density at radius 1 is 0.870 bits per heavy atom. The van der Waals surface area contributed by atoms with Gasteiger partial charge in [0.05, 0.1) is 5.97 Å². The van der Waals surface area contributed by atoms with Gasteiger partial charge in [0.1, 0.15) is 18.1 Å². The Kier molecular flexibility index (Phi) is 7.19. The van der Waals surface area contributed by atoms with Gasteiger partial charge in [-0.3, -0.25) is 0 Å². The van der Waals surface area contributed by atoms with Crippen molar-refractivity contribution >= 4 is 11.9 Å². The molecular formula is C16H13LiO6. The van der Waals surface area contributed by atoms with E-state index < -0.39 is 25.2 Å². The Morgan fingerprint density at radius 2 is 1.30 bits per heavy atom. The molecule has 0 aliphatic rings. The van der Waals surface area contributed by atoms with E-state index in [1.165, 1.54) is 0 Å². The van der Waals surface area contributed by atoms with Crippen LogP contribution < -0.4 is 33.4 Å². The Morgan fingerprint density at radius 3 is 1.74 bits per heavy atom. The van der Waals surface area contributed by atoms with E-state index in [-0.39, 0.29) is 18.9 Å². The van der Waals surface area contributed by atoms with Gasteiger partial charge in [-0.1, -0.05) is 36.4 Å². The summed E-state index contributed by atoms with van der Waals surface area (Å²) < 4.78 is 10.4. The van der Waals surface area contributed by atoms with Crippen molar-refractivity contribution < 1.29 is 48.1 Å². The van der Waals surface area contributed by atoms with Crippen LogP contribution >= 0.6 is 0 Å². The average Bonchev–Trinajstić information content (AvgIpc) is 2.51. The molecule has 0 amide bonds. The van der Waals surface area contributed by atoms with Gasteiger partial charge < -0.3 is 24.5 Å². The molecular weight excluding hydrogens is 295 g/mol. The molecule has 0 fully saturated rings. The number of carboxylic acids is 2. The summed E-state index contributed by atoms with van der Waals surface area (Å²) in [6.45, 7) is -1.05. The van der Waals surface area contributed by atoms with Crippen LogP contribution in [0, 0.1) is 0 Å². The van der Waals surface area contributed by atoms with E-state index in [4.69, 9.17) is 14.6 Å². The molecule has 114 valence electrons. The molecule has 0 saturated carbocycles. The van der Waals surface area contributed by atoms with Gasteiger partial charge in [0.2, 0.25) is 0 Å². The zero-order valence-corrected chi connectivity index (χ0v) is 12.5. The molecule has 0 atom stereocenters. The van der Waals surface area contributed by atoms with Crippen LogP contribution in [0.4, 0.5) is 0 Å². The van der Waals surface area contributed by atoms with Gasteiger partial charge in [-0.2, -0.15) is 0 Å². The predicted octanol–water partition coefficient (Wildman–Crippen LogP) is -2.05. The molecule has 0 aromatic heterocycles. The van der Waals surface area contributed by atoms with Gasteiger partial charge >= 0.3 is 24.8 Å². The van der Waals surface area contributed by atoms with Crippen LogP contribution in [0.1, 0.15) is 0 Å². The molecule has 6 nitrogen and oxygen atoms in total. The maximum Gasteiger partial charge on any atom is 1.00 e. The predicted molar refractivity (Wildman–Crippen MR) is 75.5 cm³/mol. The molecule has 2 aromatic carbocycles. The van der Waals surface area contributed by atoms with E-state index >= 15 is 0 Å². The van der Waals surface area contributed by atoms with Crippen LogP contribution in [0.3, 0.4) is 0 Å². The smallest absolute Gasteiger partial charge is 0.546 e. The van der Waals surface area contributed by atoms with Crippen molar-refractivity contribution in [3.8, 4) is 22.6 Å². The summed E-state index contributed by atoms with van der Waals surface area (Å²) >= 11 is 0. The van der Waals surface area contributed by atoms with Gasteiger partial charge in [-0.05, 0) is 12.1 Å². The minimum atomic E-state index is -1.33. The molecule has 0 aliphatic heterocycles. The van der Waals surface area contributed by atoms with Crippen molar-refractivity contribution in [2.24, 2.45) is 0 Å². The van der Waals surface area contributed by atoms with Gasteiger partial charge in [-0.25, -0.2) is 4.79 Å². The van der Waals surface area contributed by atoms with Crippen molar-refractivity contribution in [2.75, 3.05) is 13.2 Å². The fourth-order valence-electron chi connectivity index (χ4n) is 1.91. The molecule has 2 aromatic rings. The quantitative estimate of drug-likeness (QED) is 0.592. The number of carbonyl (C=O) groups excluding carboxylic acids is 1. The number of hydrogen-bond donors (Lipinski definition) is 1. The van der Waals surface area contributed by atoms with Crippen LogP contribution in [-0.2, 0) is 9.59 Å². The standard InChI is InChI=1S/C16H14O6.Li/c17-15(18)9-21-13-7-3-1-5-11(13)12-6-2-4-8-14(12)22-10-16(19)20;/h1-8H,9-10H2,(H,17,18)(H,19,20);/q;+1/p-1. The van der Waals surface area contributed by atoms with Crippen LogP contribution in [0.15, 0.2) is 48.5 Å². The van der Waals surface area contributed by atoms with E-state index in [9.17, 15) is 14.7 Å². The monoisotopic (exact) mass is 308 g/mol. The molecule has 0 bridgehead atoms. The maximum absolute atomic E-state index is 10.6. The van der Waals surface area contributed by atoms with E-state index in [1.54, 1.807) is 48.5 Å². The Balaban J connectivity index is 0.00000264. The third-order valence-corrected chi connectivity index (χ3v) is 2.76. The molecule has 0 unspecified atom stereocenters. The number of carboxylic acid groups (broad SMARTS) is 2. The fraction of sp³-hybridized carbons (Fsp3) is 0.125. The Labute approximate surface area is 144 Å². The Hall–Kier alpha value is -2.42. The summed E-state index contributed by atoms with van der Waals surface area (Å²) in [5, 5.41) is 19.3. The van der Waals surface area contributed by atoms with Crippen molar-refractivity contribution in [3.05, 3.63) is 48.5 Å². The summed E-state index contributed by atoms with van der Waals surface area (Å²) in [5.41, 5.74) is 1.21. The van der Waals surface area contributed by atoms with E-state index in [1.807, 2.05) is 0 Å². The largest absolute Gasteiger partial charge is 1.00 e. The van der Waals surface area contributed by atoms with Crippen molar-refractivity contribution in [1.29, 1.82) is 0 Å². The summed E-state index contributed by atoms with van der Waals surface area (Å²) in [6.07, 6.45) is 0. The van der Waals surface area contributed by atoms with Crippen LogP contribution in [-0.4, -0.2) is 30.3 Å². The number of hydrogen-bond acceptors (Lipinski definition) is 5. The normalized spacial score (nSPS) is 9.57. The SMILES string of the molecule is O=C([O-])COc1ccccc1-c1ccccc1OCC(=O)O.[Li+]. The second kappa shape index (κ2) is 8.88. The first-order chi connectivity index (χ1) is 10.6. The zero-order valence-electron chi connectivity index (χ0n) is 12.5. The molecule has 0 radical (unpaired) electrons. The summed E-state index contributed by atoms with van der Waals surface area (Å²) in [4.78, 5) is 21.2. The van der Waals surface area contributed by atoms with Gasteiger partial charge in [0.15, 0.2) is 6.61 Å². The molecule has 7 heteroatoms. The fourth-order valence-corrected chi connectivity index (χ4v) is 1.91. The van der Waals surface area contributed by atoms with Crippen LogP contribution in [0.25, 0.3) is 11.1 Å². The topological polar surface area (TPSA) is 95.9 Å².